The van der Waals surface area contributed by atoms with Crippen LogP contribution in [-0.4, -0.2) is 27.5 Å². The van der Waals surface area contributed by atoms with E-state index in [-0.39, 0.29) is 5.56 Å². The highest BCUT2D eigenvalue weighted by Crippen LogP contribution is 2.21. The van der Waals surface area contributed by atoms with Crippen LogP contribution in [0.15, 0.2) is 58.2 Å². The first kappa shape index (κ1) is 20.6. The Labute approximate surface area is 183 Å². The van der Waals surface area contributed by atoms with Crippen LogP contribution in [0.2, 0.25) is 0 Å². The minimum Gasteiger partial charge on any atom is -0.494 e. The van der Waals surface area contributed by atoms with Crippen molar-refractivity contribution in [1.29, 1.82) is 0 Å². The van der Waals surface area contributed by atoms with Crippen molar-refractivity contribution in [2.24, 2.45) is 0 Å². The van der Waals surface area contributed by atoms with Gasteiger partial charge in [-0.1, -0.05) is 43.2 Å². The molecule has 0 spiro atoms. The lowest BCUT2D eigenvalue weighted by molar-refractivity contribution is 0.306. The lowest BCUT2D eigenvalue weighted by atomic mass is 10.2. The van der Waals surface area contributed by atoms with Gasteiger partial charge in [0.2, 0.25) is 4.96 Å². The van der Waals surface area contributed by atoms with Gasteiger partial charge in [-0.15, -0.1) is 16.9 Å². The first-order valence-electron chi connectivity index (χ1n) is 9.96. The second-order valence-electron chi connectivity index (χ2n) is 6.90. The van der Waals surface area contributed by atoms with Crippen molar-refractivity contribution in [1.82, 2.24) is 14.6 Å². The van der Waals surface area contributed by atoms with Gasteiger partial charge in [0.05, 0.1) is 11.1 Å². The minimum atomic E-state index is -0.140. The number of ether oxygens (including phenoxy) is 1. The number of nitrogens with zero attached hydrogens (tertiary/aromatic N) is 3. The largest absolute Gasteiger partial charge is 0.494 e. The summed E-state index contributed by atoms with van der Waals surface area (Å²) in [6, 6.07) is 15.8. The maximum Gasteiger partial charge on any atom is 0.291 e. The molecule has 5 nitrogen and oxygen atoms in total. The molecule has 0 fully saturated rings. The third-order valence-corrected chi connectivity index (χ3v) is 6.43. The number of unbranched alkanes of at least 4 members (excludes halogenated alkanes) is 2. The Morgan fingerprint density at radius 3 is 2.53 bits per heavy atom. The van der Waals surface area contributed by atoms with Crippen molar-refractivity contribution in [2.75, 3.05) is 12.9 Å². The number of hydrogen-bond acceptors (Lipinski definition) is 6. The minimum absolute atomic E-state index is 0.140. The molecule has 0 aliphatic carbocycles. The van der Waals surface area contributed by atoms with Crippen molar-refractivity contribution < 1.29 is 4.74 Å². The summed E-state index contributed by atoms with van der Waals surface area (Å²) in [4.78, 5) is 19.1. The highest BCUT2D eigenvalue weighted by molar-refractivity contribution is 7.98. The van der Waals surface area contributed by atoms with Gasteiger partial charge in [-0.05, 0) is 60.7 Å². The van der Waals surface area contributed by atoms with Crippen LogP contribution in [0.5, 0.6) is 5.75 Å². The van der Waals surface area contributed by atoms with Crippen molar-refractivity contribution in [3.8, 4) is 17.1 Å². The molecule has 0 amide bonds. The van der Waals surface area contributed by atoms with E-state index >= 15 is 0 Å². The molecule has 0 saturated heterocycles. The summed E-state index contributed by atoms with van der Waals surface area (Å²) >= 11 is 3.05. The summed E-state index contributed by atoms with van der Waals surface area (Å²) in [7, 11) is 0. The number of benzene rings is 2. The van der Waals surface area contributed by atoms with Crippen LogP contribution in [0, 0.1) is 0 Å². The second-order valence-corrected chi connectivity index (χ2v) is 8.79. The van der Waals surface area contributed by atoms with Gasteiger partial charge in [-0.2, -0.15) is 9.50 Å². The lowest BCUT2D eigenvalue weighted by Gasteiger charge is -2.05. The first-order chi connectivity index (χ1) is 14.7. The third-order valence-electron chi connectivity index (χ3n) is 4.72. The third kappa shape index (κ3) is 4.57. The van der Waals surface area contributed by atoms with Gasteiger partial charge < -0.3 is 4.74 Å². The van der Waals surface area contributed by atoms with Crippen LogP contribution in [-0.2, 0) is 0 Å². The van der Waals surface area contributed by atoms with Gasteiger partial charge in [0.15, 0.2) is 5.82 Å². The molecule has 0 aliphatic heterocycles. The number of fused-ring (bicyclic) bond motifs is 1. The van der Waals surface area contributed by atoms with Gasteiger partial charge in [0.25, 0.3) is 5.56 Å². The Morgan fingerprint density at radius 1 is 1.10 bits per heavy atom. The van der Waals surface area contributed by atoms with E-state index in [2.05, 4.69) is 17.0 Å². The van der Waals surface area contributed by atoms with Crippen LogP contribution >= 0.6 is 23.1 Å². The number of thiazole rings is 1. The molecule has 154 valence electrons. The van der Waals surface area contributed by atoms with Gasteiger partial charge >= 0.3 is 0 Å². The predicted molar refractivity (Wildman–Crippen MR) is 125 cm³/mol. The molecular weight excluding hydrogens is 414 g/mol. The van der Waals surface area contributed by atoms with Crippen molar-refractivity contribution >= 4 is 34.1 Å². The molecule has 4 rings (SSSR count). The number of aromatic nitrogens is 3. The molecule has 4 aromatic rings. The molecule has 0 bridgehead atoms. The fourth-order valence-electron chi connectivity index (χ4n) is 3.05. The SMILES string of the molecule is CCCCCOc1ccc(-c2nc3sc(=Cc4ccc(SC)cc4)c(=O)n3n2)cc1. The first-order valence-corrected chi connectivity index (χ1v) is 12.0. The van der Waals surface area contributed by atoms with Gasteiger partial charge in [-0.25, -0.2) is 0 Å². The van der Waals surface area contributed by atoms with Crippen molar-refractivity contribution in [2.45, 2.75) is 31.1 Å². The fraction of sp³-hybridized carbons (Fsp3) is 0.261. The molecule has 0 radical (unpaired) electrons. The smallest absolute Gasteiger partial charge is 0.291 e. The zero-order valence-electron chi connectivity index (χ0n) is 17.0. The molecule has 0 atom stereocenters. The predicted octanol–water partition coefficient (Wildman–Crippen LogP) is 4.66. The second kappa shape index (κ2) is 9.45. The van der Waals surface area contributed by atoms with Crippen LogP contribution in [0.25, 0.3) is 22.4 Å². The maximum atomic E-state index is 12.7. The molecule has 2 heterocycles. The average Bonchev–Trinajstić information content (AvgIpc) is 3.32. The fourth-order valence-corrected chi connectivity index (χ4v) is 4.37. The molecule has 0 aliphatic rings. The summed E-state index contributed by atoms with van der Waals surface area (Å²) in [5.74, 6) is 1.39. The zero-order chi connectivity index (χ0) is 20.9. The topological polar surface area (TPSA) is 56.5 Å². The average molecular weight is 438 g/mol. The monoisotopic (exact) mass is 437 g/mol. The maximum absolute atomic E-state index is 12.7. The number of rotatable bonds is 8. The van der Waals surface area contributed by atoms with E-state index in [1.165, 1.54) is 33.6 Å². The molecule has 30 heavy (non-hydrogen) atoms. The number of hydrogen-bond donors (Lipinski definition) is 0. The Morgan fingerprint density at radius 2 is 1.87 bits per heavy atom. The van der Waals surface area contributed by atoms with E-state index in [0.29, 0.717) is 15.3 Å². The van der Waals surface area contributed by atoms with E-state index < -0.39 is 0 Å². The molecule has 7 heteroatoms. The summed E-state index contributed by atoms with van der Waals surface area (Å²) in [6.45, 7) is 2.90. The quantitative estimate of drug-likeness (QED) is 0.296. The van der Waals surface area contributed by atoms with Gasteiger partial charge in [0, 0.05) is 10.5 Å². The van der Waals surface area contributed by atoms with Crippen molar-refractivity contribution in [3.05, 3.63) is 69.0 Å². The molecule has 2 aromatic heterocycles. The number of thioether (sulfide) groups is 1. The Hall–Kier alpha value is -2.64. The summed E-state index contributed by atoms with van der Waals surface area (Å²) in [5.41, 5.74) is 1.71. The summed E-state index contributed by atoms with van der Waals surface area (Å²) in [5, 5.41) is 4.43. The molecule has 0 unspecified atom stereocenters. The normalized spacial score (nSPS) is 12.0. The van der Waals surface area contributed by atoms with E-state index in [1.807, 2.05) is 60.9 Å². The highest BCUT2D eigenvalue weighted by atomic mass is 32.2. The van der Waals surface area contributed by atoms with Crippen molar-refractivity contribution in [3.63, 3.8) is 0 Å². The Balaban J connectivity index is 1.54. The van der Waals surface area contributed by atoms with E-state index in [9.17, 15) is 4.79 Å². The van der Waals surface area contributed by atoms with E-state index in [0.717, 1.165) is 29.9 Å². The molecule has 2 aromatic carbocycles. The van der Waals surface area contributed by atoms with Gasteiger partial charge in [-0.3, -0.25) is 4.79 Å². The van der Waals surface area contributed by atoms with Crippen LogP contribution in [0.1, 0.15) is 31.7 Å². The Bertz CT molecular complexity index is 1230. The summed E-state index contributed by atoms with van der Waals surface area (Å²) in [6.07, 6.45) is 7.34. The van der Waals surface area contributed by atoms with E-state index in [4.69, 9.17) is 4.74 Å². The summed E-state index contributed by atoms with van der Waals surface area (Å²) < 4.78 is 7.76. The van der Waals surface area contributed by atoms with Crippen LogP contribution in [0.3, 0.4) is 0 Å². The molecular formula is C23H23N3O2S2. The highest BCUT2D eigenvalue weighted by Gasteiger charge is 2.12. The van der Waals surface area contributed by atoms with Gasteiger partial charge in [0.1, 0.15) is 5.75 Å². The molecule has 0 saturated carbocycles. The molecule has 0 N–H and O–H groups in total. The van der Waals surface area contributed by atoms with E-state index in [1.54, 1.807) is 11.8 Å². The lowest BCUT2D eigenvalue weighted by Crippen LogP contribution is -2.23. The Kier molecular flexibility index (Phi) is 6.50. The van der Waals surface area contributed by atoms with Crippen LogP contribution in [0.4, 0.5) is 0 Å². The standard InChI is InChI=1S/C23H23N3O2S2/c1-3-4-5-14-28-18-10-8-17(9-11-18)21-24-23-26(25-21)22(27)20(30-23)15-16-6-12-19(29-2)13-7-16/h6-13,15H,3-5,14H2,1-2H3. The zero-order valence-corrected chi connectivity index (χ0v) is 18.6. The van der Waals surface area contributed by atoms with Crippen LogP contribution < -0.4 is 14.8 Å².